The lowest BCUT2D eigenvalue weighted by Crippen LogP contribution is -2.27. The molecule has 0 aliphatic carbocycles. The third-order valence-corrected chi connectivity index (χ3v) is 2.96. The van der Waals surface area contributed by atoms with Crippen molar-refractivity contribution in [3.05, 3.63) is 23.3 Å². The average molecular weight is 207 g/mol. The fourth-order valence-electron chi connectivity index (χ4n) is 2.09. The van der Waals surface area contributed by atoms with Gasteiger partial charge in [0.25, 0.3) is 0 Å². The number of hydrogen-bond donors (Lipinski definition) is 1. The Bertz CT molecular complexity index is 363. The predicted octanol–water partition coefficient (Wildman–Crippen LogP) is 1.91. The Hall–Kier alpha value is -1.22. The number of ether oxygens (including phenoxy) is 2. The standard InChI is InChI=1S/C12H17NO2/c1-8-10-7-12(15-3)11(14-2)6-9(10)4-5-13-8/h6-8,13H,4-5H2,1-3H3. The molecule has 0 spiro atoms. The van der Waals surface area contributed by atoms with Gasteiger partial charge < -0.3 is 14.8 Å². The van der Waals surface area contributed by atoms with Crippen LogP contribution in [0.1, 0.15) is 24.1 Å². The van der Waals surface area contributed by atoms with Crippen LogP contribution in [-0.2, 0) is 6.42 Å². The van der Waals surface area contributed by atoms with Gasteiger partial charge in [-0.05, 0) is 43.1 Å². The predicted molar refractivity (Wildman–Crippen MR) is 59.7 cm³/mol. The molecular formula is C12H17NO2. The summed E-state index contributed by atoms with van der Waals surface area (Å²) in [5, 5.41) is 3.43. The van der Waals surface area contributed by atoms with E-state index in [9.17, 15) is 0 Å². The number of hydrogen-bond acceptors (Lipinski definition) is 3. The molecule has 1 unspecified atom stereocenters. The van der Waals surface area contributed by atoms with E-state index in [1.165, 1.54) is 11.1 Å². The maximum absolute atomic E-state index is 5.30. The fourth-order valence-corrected chi connectivity index (χ4v) is 2.09. The molecule has 1 aromatic rings. The molecule has 1 heterocycles. The van der Waals surface area contributed by atoms with E-state index in [1.54, 1.807) is 14.2 Å². The highest BCUT2D eigenvalue weighted by Gasteiger charge is 2.18. The molecule has 0 saturated carbocycles. The summed E-state index contributed by atoms with van der Waals surface area (Å²) in [5.41, 5.74) is 2.68. The number of fused-ring (bicyclic) bond motifs is 1. The Morgan fingerprint density at radius 2 is 1.87 bits per heavy atom. The Balaban J connectivity index is 2.48. The largest absolute Gasteiger partial charge is 0.493 e. The van der Waals surface area contributed by atoms with Crippen molar-refractivity contribution in [2.45, 2.75) is 19.4 Å². The Morgan fingerprint density at radius 1 is 1.20 bits per heavy atom. The van der Waals surface area contributed by atoms with Gasteiger partial charge in [-0.15, -0.1) is 0 Å². The molecule has 1 aliphatic rings. The van der Waals surface area contributed by atoms with Crippen LogP contribution in [0.5, 0.6) is 11.5 Å². The van der Waals surface area contributed by atoms with E-state index in [2.05, 4.69) is 24.4 Å². The van der Waals surface area contributed by atoms with Crippen LogP contribution in [0.15, 0.2) is 12.1 Å². The summed E-state index contributed by atoms with van der Waals surface area (Å²) in [6.07, 6.45) is 1.06. The van der Waals surface area contributed by atoms with Crippen molar-refractivity contribution < 1.29 is 9.47 Å². The highest BCUT2D eigenvalue weighted by Crippen LogP contribution is 2.34. The Morgan fingerprint density at radius 3 is 2.53 bits per heavy atom. The smallest absolute Gasteiger partial charge is 0.161 e. The SMILES string of the molecule is COc1cc2c(cc1OC)C(C)NCC2. The second-order valence-corrected chi connectivity index (χ2v) is 3.83. The van der Waals surface area contributed by atoms with Crippen LogP contribution < -0.4 is 14.8 Å². The molecule has 82 valence electrons. The highest BCUT2D eigenvalue weighted by molar-refractivity contribution is 5.49. The molecule has 3 nitrogen and oxygen atoms in total. The number of nitrogens with one attached hydrogen (secondary N) is 1. The van der Waals surface area contributed by atoms with Gasteiger partial charge in [-0.2, -0.15) is 0 Å². The topological polar surface area (TPSA) is 30.5 Å². The molecule has 2 rings (SSSR count). The van der Waals surface area contributed by atoms with E-state index in [4.69, 9.17) is 9.47 Å². The zero-order valence-corrected chi connectivity index (χ0v) is 9.46. The third kappa shape index (κ3) is 1.79. The Kier molecular flexibility index (Phi) is 2.82. The maximum Gasteiger partial charge on any atom is 0.161 e. The van der Waals surface area contributed by atoms with Gasteiger partial charge in [0, 0.05) is 6.04 Å². The second kappa shape index (κ2) is 4.11. The zero-order chi connectivity index (χ0) is 10.8. The highest BCUT2D eigenvalue weighted by atomic mass is 16.5. The molecule has 0 fully saturated rings. The van der Waals surface area contributed by atoms with Crippen LogP contribution in [0.2, 0.25) is 0 Å². The van der Waals surface area contributed by atoms with E-state index >= 15 is 0 Å². The van der Waals surface area contributed by atoms with Gasteiger partial charge in [0.05, 0.1) is 14.2 Å². The summed E-state index contributed by atoms with van der Waals surface area (Å²) >= 11 is 0. The first kappa shape index (κ1) is 10.3. The van der Waals surface area contributed by atoms with Gasteiger partial charge in [0.2, 0.25) is 0 Å². The summed E-state index contributed by atoms with van der Waals surface area (Å²) in [5.74, 6) is 1.64. The molecule has 1 aromatic carbocycles. The Labute approximate surface area is 90.4 Å². The molecule has 0 amide bonds. The van der Waals surface area contributed by atoms with Crippen LogP contribution in [0.3, 0.4) is 0 Å². The molecular weight excluding hydrogens is 190 g/mol. The fraction of sp³-hybridized carbons (Fsp3) is 0.500. The minimum atomic E-state index is 0.397. The molecule has 15 heavy (non-hydrogen) atoms. The van der Waals surface area contributed by atoms with Crippen molar-refractivity contribution in [2.75, 3.05) is 20.8 Å². The number of methoxy groups -OCH3 is 2. The first-order valence-corrected chi connectivity index (χ1v) is 5.24. The lowest BCUT2D eigenvalue weighted by atomic mass is 9.94. The monoisotopic (exact) mass is 207 g/mol. The van der Waals surface area contributed by atoms with E-state index in [0.717, 1.165) is 24.5 Å². The molecule has 0 saturated heterocycles. The van der Waals surface area contributed by atoms with E-state index in [1.807, 2.05) is 0 Å². The minimum Gasteiger partial charge on any atom is -0.493 e. The number of rotatable bonds is 2. The van der Waals surface area contributed by atoms with Crippen LogP contribution >= 0.6 is 0 Å². The van der Waals surface area contributed by atoms with Crippen molar-refractivity contribution in [3.63, 3.8) is 0 Å². The van der Waals surface area contributed by atoms with Gasteiger partial charge >= 0.3 is 0 Å². The third-order valence-electron chi connectivity index (χ3n) is 2.96. The maximum atomic E-state index is 5.30. The summed E-state index contributed by atoms with van der Waals surface area (Å²) in [6, 6.07) is 4.56. The molecule has 0 radical (unpaired) electrons. The first-order chi connectivity index (χ1) is 7.26. The summed E-state index contributed by atoms with van der Waals surface area (Å²) in [7, 11) is 3.35. The van der Waals surface area contributed by atoms with Crippen molar-refractivity contribution in [1.29, 1.82) is 0 Å². The van der Waals surface area contributed by atoms with E-state index in [0.29, 0.717) is 6.04 Å². The average Bonchev–Trinajstić information content (AvgIpc) is 2.28. The summed E-state index contributed by atoms with van der Waals surface area (Å²) in [6.45, 7) is 3.20. The summed E-state index contributed by atoms with van der Waals surface area (Å²) < 4.78 is 10.6. The molecule has 1 atom stereocenters. The lowest BCUT2D eigenvalue weighted by Gasteiger charge is -2.25. The van der Waals surface area contributed by atoms with Gasteiger partial charge in [-0.25, -0.2) is 0 Å². The zero-order valence-electron chi connectivity index (χ0n) is 9.46. The first-order valence-electron chi connectivity index (χ1n) is 5.24. The van der Waals surface area contributed by atoms with Crippen molar-refractivity contribution >= 4 is 0 Å². The van der Waals surface area contributed by atoms with Gasteiger partial charge in [0.15, 0.2) is 11.5 Å². The van der Waals surface area contributed by atoms with Crippen LogP contribution in [-0.4, -0.2) is 20.8 Å². The molecule has 1 N–H and O–H groups in total. The van der Waals surface area contributed by atoms with Crippen LogP contribution in [0.4, 0.5) is 0 Å². The van der Waals surface area contributed by atoms with E-state index < -0.39 is 0 Å². The van der Waals surface area contributed by atoms with Crippen LogP contribution in [0.25, 0.3) is 0 Å². The summed E-state index contributed by atoms with van der Waals surface area (Å²) in [4.78, 5) is 0. The number of benzene rings is 1. The van der Waals surface area contributed by atoms with Gasteiger partial charge in [-0.3, -0.25) is 0 Å². The molecule has 3 heteroatoms. The molecule has 0 aromatic heterocycles. The van der Waals surface area contributed by atoms with E-state index in [-0.39, 0.29) is 0 Å². The molecule has 0 bridgehead atoms. The molecule has 1 aliphatic heterocycles. The van der Waals surface area contributed by atoms with Gasteiger partial charge in [-0.1, -0.05) is 0 Å². The normalized spacial score (nSPS) is 19.5. The quantitative estimate of drug-likeness (QED) is 0.803. The van der Waals surface area contributed by atoms with Crippen molar-refractivity contribution in [3.8, 4) is 11.5 Å². The van der Waals surface area contributed by atoms with Crippen molar-refractivity contribution in [1.82, 2.24) is 5.32 Å². The lowest BCUT2D eigenvalue weighted by molar-refractivity contribution is 0.352. The minimum absolute atomic E-state index is 0.397. The van der Waals surface area contributed by atoms with Gasteiger partial charge in [0.1, 0.15) is 0 Å². The van der Waals surface area contributed by atoms with Crippen LogP contribution in [0, 0.1) is 0 Å². The van der Waals surface area contributed by atoms with Crippen molar-refractivity contribution in [2.24, 2.45) is 0 Å². The second-order valence-electron chi connectivity index (χ2n) is 3.83.